The lowest BCUT2D eigenvalue weighted by atomic mass is 9.83. The van der Waals surface area contributed by atoms with Crippen LogP contribution in [0.15, 0.2) is 56.0 Å². The van der Waals surface area contributed by atoms with Crippen LogP contribution in [-0.2, 0) is 23.3 Å². The predicted molar refractivity (Wildman–Crippen MR) is 193 cm³/mol. The maximum Gasteiger partial charge on any atom is 0.283 e. The average Bonchev–Trinajstić information content (AvgIpc) is 3.97. The Morgan fingerprint density at radius 3 is 1.84 bits per heavy atom. The fourth-order valence-corrected chi connectivity index (χ4v) is 19.1. The molecule has 0 aromatic heterocycles. The standard InChI is InChI=1S/C32H45N8O7P3/c41-31-26-6-1-2-7-27(26)32(42)30-28(31)8-5-9-29(30)33-10-3-4-11-34-48-35-49(38-12-13-38,39-14-15-39)37-50(36-48,40-16-17-40)47-25-23-45-21-19-43-18-20-44-22-24-46-48/h1-2,5-9,33-34H,3-4,10-25H2. The van der Waals surface area contributed by atoms with Crippen LogP contribution in [0.4, 0.5) is 5.69 Å². The molecule has 18 heteroatoms. The van der Waals surface area contributed by atoms with E-state index in [-0.39, 0.29) is 11.6 Å². The van der Waals surface area contributed by atoms with Crippen molar-refractivity contribution in [2.24, 2.45) is 13.5 Å². The third kappa shape index (κ3) is 7.39. The van der Waals surface area contributed by atoms with Gasteiger partial charge in [-0.3, -0.25) is 9.59 Å². The molecular weight excluding hydrogens is 701 g/mol. The zero-order valence-corrected chi connectivity index (χ0v) is 30.8. The Balaban J connectivity index is 1.00. The normalized spacial score (nSPS) is 28.7. The molecule has 50 heavy (non-hydrogen) atoms. The number of carbonyl (C=O) groups excluding carboxylic acids is 2. The summed E-state index contributed by atoms with van der Waals surface area (Å²) in [7, 11) is -8.13. The summed E-state index contributed by atoms with van der Waals surface area (Å²) in [6.45, 7) is 10.4. The van der Waals surface area contributed by atoms with Gasteiger partial charge in [0.25, 0.3) is 15.2 Å². The zero-order valence-electron chi connectivity index (χ0n) is 28.2. The highest BCUT2D eigenvalue weighted by Crippen LogP contribution is 2.83. The van der Waals surface area contributed by atoms with Gasteiger partial charge >= 0.3 is 0 Å². The minimum atomic E-state index is -2.93. The Labute approximate surface area is 293 Å². The van der Waals surface area contributed by atoms with Crippen molar-refractivity contribution in [2.75, 3.05) is 111 Å². The van der Waals surface area contributed by atoms with Crippen LogP contribution in [0.1, 0.15) is 44.7 Å². The molecule has 6 aliphatic rings. The van der Waals surface area contributed by atoms with Crippen molar-refractivity contribution in [3.05, 3.63) is 64.7 Å². The summed E-state index contributed by atoms with van der Waals surface area (Å²) >= 11 is 0. The summed E-state index contributed by atoms with van der Waals surface area (Å²) in [4.78, 5) is 26.6. The molecule has 0 amide bonds. The van der Waals surface area contributed by atoms with Gasteiger partial charge in [0.2, 0.25) is 7.51 Å². The lowest BCUT2D eigenvalue weighted by Gasteiger charge is -2.36. The second kappa shape index (κ2) is 15.1. The van der Waals surface area contributed by atoms with E-state index < -0.39 is 22.7 Å². The molecule has 2 N–H and O–H groups in total. The van der Waals surface area contributed by atoms with Crippen molar-refractivity contribution in [1.82, 2.24) is 19.1 Å². The van der Waals surface area contributed by atoms with E-state index in [1.54, 1.807) is 30.3 Å². The summed E-state index contributed by atoms with van der Waals surface area (Å²) < 4.78 is 54.2. The first kappa shape index (κ1) is 35.0. The van der Waals surface area contributed by atoms with Crippen molar-refractivity contribution >= 4 is 39.9 Å². The first-order valence-electron chi connectivity index (χ1n) is 17.5. The number of hydrogen-bond acceptors (Lipinski definition) is 15. The number of benzene rings is 2. The van der Waals surface area contributed by atoms with Gasteiger partial charge in [-0.1, -0.05) is 36.4 Å². The van der Waals surface area contributed by atoms with Crippen molar-refractivity contribution in [3.63, 3.8) is 0 Å². The van der Waals surface area contributed by atoms with E-state index in [4.69, 9.17) is 36.8 Å². The number of anilines is 1. The largest absolute Gasteiger partial charge is 0.384 e. The molecule has 8 rings (SSSR count). The molecule has 2 bridgehead atoms. The number of carbonyl (C=O) groups is 2. The highest BCUT2D eigenvalue weighted by molar-refractivity contribution is 7.81. The summed E-state index contributed by atoms with van der Waals surface area (Å²) in [5.41, 5.74) is 2.48. The second-order valence-corrected chi connectivity index (χ2v) is 20.6. The fraction of sp³-hybridized carbons (Fsp3) is 0.562. The monoisotopic (exact) mass is 746 g/mol. The van der Waals surface area contributed by atoms with Crippen LogP contribution in [0.3, 0.4) is 0 Å². The van der Waals surface area contributed by atoms with Crippen LogP contribution in [0, 0.1) is 0 Å². The van der Waals surface area contributed by atoms with Crippen LogP contribution >= 0.6 is 22.7 Å². The van der Waals surface area contributed by atoms with E-state index in [9.17, 15) is 9.59 Å². The van der Waals surface area contributed by atoms with Gasteiger partial charge in [0, 0.05) is 74.7 Å². The summed E-state index contributed by atoms with van der Waals surface area (Å²) in [6, 6.07) is 12.5. The first-order chi connectivity index (χ1) is 24.5. The molecule has 5 heterocycles. The van der Waals surface area contributed by atoms with Crippen LogP contribution in [0.2, 0.25) is 0 Å². The molecule has 15 nitrogen and oxygen atoms in total. The van der Waals surface area contributed by atoms with Gasteiger partial charge in [-0.25, -0.2) is 19.1 Å². The number of ketones is 2. The number of nitrogens with one attached hydrogen (secondary N) is 2. The summed E-state index contributed by atoms with van der Waals surface area (Å²) in [5.74, 6) is -0.243. The minimum Gasteiger partial charge on any atom is -0.384 e. The zero-order chi connectivity index (χ0) is 34.0. The molecule has 2 aromatic carbocycles. The molecule has 3 saturated heterocycles. The third-order valence-corrected chi connectivity index (χ3v) is 19.9. The maximum atomic E-state index is 13.4. The quantitative estimate of drug-likeness (QED) is 0.161. The van der Waals surface area contributed by atoms with Crippen LogP contribution in [-0.4, -0.2) is 131 Å². The van der Waals surface area contributed by atoms with Crippen molar-refractivity contribution in [3.8, 4) is 0 Å². The van der Waals surface area contributed by atoms with Crippen LogP contribution < -0.4 is 10.4 Å². The summed E-state index contributed by atoms with van der Waals surface area (Å²) in [5, 5.41) is 7.16. The Kier molecular flexibility index (Phi) is 10.6. The molecule has 1 aliphatic carbocycles. The molecule has 5 aliphatic heterocycles. The molecule has 3 fully saturated rings. The highest BCUT2D eigenvalue weighted by atomic mass is 31.3. The topological polar surface area (TPSA) is 150 Å². The number of nitrogens with zero attached hydrogens (tertiary/aromatic N) is 6. The van der Waals surface area contributed by atoms with Crippen molar-refractivity contribution in [1.29, 1.82) is 0 Å². The third-order valence-electron chi connectivity index (χ3n) is 9.04. The van der Waals surface area contributed by atoms with E-state index in [2.05, 4.69) is 24.4 Å². The van der Waals surface area contributed by atoms with E-state index in [0.29, 0.717) is 93.9 Å². The Hall–Kier alpha value is -2.09. The number of unbranched alkanes of at least 4 members (excludes halogenated alkanes) is 1. The van der Waals surface area contributed by atoms with Crippen molar-refractivity contribution in [2.45, 2.75) is 12.8 Å². The Morgan fingerprint density at radius 2 is 1.18 bits per heavy atom. The molecule has 2 unspecified atom stereocenters. The Bertz CT molecular complexity index is 1780. The predicted octanol–water partition coefficient (Wildman–Crippen LogP) is 5.14. The lowest BCUT2D eigenvalue weighted by Crippen LogP contribution is -2.23. The number of fused-ring (bicyclic) bond motifs is 3. The molecule has 2 aromatic rings. The molecule has 0 saturated carbocycles. The SMILES string of the molecule is O=C1c2ccccc2C(=O)c2c(NCCCCNP34=NP(N5CC5)(=NP(N5CC5)(N5CC5)=N3)OCCOCCOCCOCCO4)cccc21. The maximum absolute atomic E-state index is 13.4. The van der Waals surface area contributed by atoms with Crippen LogP contribution in [0.25, 0.3) is 0 Å². The van der Waals surface area contributed by atoms with E-state index in [1.165, 1.54) is 0 Å². The van der Waals surface area contributed by atoms with Gasteiger partial charge < -0.3 is 28.6 Å². The molecule has 0 radical (unpaired) electrons. The molecule has 270 valence electrons. The van der Waals surface area contributed by atoms with E-state index in [0.717, 1.165) is 52.1 Å². The molecule has 0 spiro atoms. The molecule has 2 atom stereocenters. The fourth-order valence-electron chi connectivity index (χ4n) is 6.25. The van der Waals surface area contributed by atoms with Gasteiger partial charge in [-0.2, -0.15) is 13.5 Å². The van der Waals surface area contributed by atoms with Gasteiger partial charge in [0.15, 0.2) is 11.6 Å². The Morgan fingerprint density at radius 1 is 0.600 bits per heavy atom. The molecular formula is C32H45N8O7P3. The number of hydrogen-bond donors (Lipinski definition) is 2. The van der Waals surface area contributed by atoms with E-state index in [1.807, 2.05) is 12.1 Å². The smallest absolute Gasteiger partial charge is 0.283 e. The number of rotatable bonds is 10. The second-order valence-electron chi connectivity index (χ2n) is 12.7. The van der Waals surface area contributed by atoms with Crippen LogP contribution in [0.5, 0.6) is 0 Å². The van der Waals surface area contributed by atoms with E-state index >= 15 is 0 Å². The van der Waals surface area contributed by atoms with Gasteiger partial charge in [-0.15, -0.1) is 0 Å². The first-order valence-corrected chi connectivity index (χ1v) is 22.3. The average molecular weight is 747 g/mol. The van der Waals surface area contributed by atoms with Gasteiger partial charge in [0.1, 0.15) is 0 Å². The van der Waals surface area contributed by atoms with Crippen molar-refractivity contribution < 1.29 is 32.8 Å². The summed E-state index contributed by atoms with van der Waals surface area (Å²) in [6.07, 6.45) is 1.61. The number of ether oxygens (including phenoxy) is 3. The van der Waals surface area contributed by atoms with Gasteiger partial charge in [0.05, 0.1) is 58.4 Å². The highest BCUT2D eigenvalue weighted by Gasteiger charge is 2.54. The lowest BCUT2D eigenvalue weighted by molar-refractivity contribution is 0.00521. The van der Waals surface area contributed by atoms with Gasteiger partial charge in [-0.05, 0) is 18.9 Å². The minimum absolute atomic E-state index is 0.118.